The zero-order valence-electron chi connectivity index (χ0n) is 60.3. The molecule has 96 heavy (non-hydrogen) atoms. The van der Waals surface area contributed by atoms with E-state index in [1.54, 1.807) is 6.08 Å². The average molecular weight is 1390 g/mol. The lowest BCUT2D eigenvalue weighted by molar-refractivity contribution is -0.161. The molecule has 0 aromatic rings. The van der Waals surface area contributed by atoms with Crippen LogP contribution >= 0.6 is 15.6 Å². The summed E-state index contributed by atoms with van der Waals surface area (Å²) < 4.78 is 68.2. The quantitative estimate of drug-likeness (QED) is 0.0169. The van der Waals surface area contributed by atoms with Crippen LogP contribution in [0.4, 0.5) is 0 Å². The maximum atomic E-state index is 13.1. The number of hydrogen-bond acceptors (Lipinski definition) is 15. The lowest BCUT2D eigenvalue weighted by atomic mass is 10.0. The number of phosphoric acid groups is 2. The first-order chi connectivity index (χ1) is 46.7. The zero-order valence-corrected chi connectivity index (χ0v) is 62.1. The molecule has 0 aliphatic rings. The highest BCUT2D eigenvalue weighted by Crippen LogP contribution is 2.45. The number of rotatable bonds is 70. The van der Waals surface area contributed by atoms with Crippen LogP contribution in [0.15, 0.2) is 97.2 Å². The van der Waals surface area contributed by atoms with Gasteiger partial charge in [-0.3, -0.25) is 37.3 Å². The van der Waals surface area contributed by atoms with Gasteiger partial charge in [-0.2, -0.15) is 0 Å². The van der Waals surface area contributed by atoms with Crippen LogP contribution in [-0.4, -0.2) is 96.7 Å². The van der Waals surface area contributed by atoms with Crippen molar-refractivity contribution in [1.82, 2.24) is 0 Å². The first-order valence-corrected chi connectivity index (χ1v) is 40.5. The van der Waals surface area contributed by atoms with E-state index in [-0.39, 0.29) is 25.7 Å². The lowest BCUT2D eigenvalue weighted by Gasteiger charge is -2.21. The predicted octanol–water partition coefficient (Wildman–Crippen LogP) is 21.2. The Labute approximate surface area is 582 Å². The van der Waals surface area contributed by atoms with Crippen molar-refractivity contribution in [3.8, 4) is 0 Å². The van der Waals surface area contributed by atoms with Crippen molar-refractivity contribution in [1.29, 1.82) is 0 Å². The van der Waals surface area contributed by atoms with Gasteiger partial charge >= 0.3 is 39.5 Å². The van der Waals surface area contributed by atoms with Gasteiger partial charge in [-0.1, -0.05) is 279 Å². The number of phosphoric ester groups is 2. The van der Waals surface area contributed by atoms with Gasteiger partial charge in [-0.05, 0) is 103 Å². The minimum Gasteiger partial charge on any atom is -0.462 e. The predicted molar refractivity (Wildman–Crippen MR) is 390 cm³/mol. The number of aliphatic hydroxyl groups excluding tert-OH is 1. The van der Waals surface area contributed by atoms with Gasteiger partial charge in [0.05, 0.1) is 32.8 Å². The van der Waals surface area contributed by atoms with Crippen LogP contribution < -0.4 is 0 Å². The molecule has 0 radical (unpaired) electrons. The van der Waals surface area contributed by atoms with Crippen molar-refractivity contribution in [2.24, 2.45) is 0 Å². The Morgan fingerprint density at radius 2 is 0.594 bits per heavy atom. The maximum absolute atomic E-state index is 13.1. The highest BCUT2D eigenvalue weighted by molar-refractivity contribution is 7.47. The van der Waals surface area contributed by atoms with Gasteiger partial charge in [-0.15, -0.1) is 0 Å². The molecule has 554 valence electrons. The van der Waals surface area contributed by atoms with Gasteiger partial charge < -0.3 is 33.8 Å². The molecule has 0 aromatic carbocycles. The number of allylic oxidation sites excluding steroid dienone is 15. The van der Waals surface area contributed by atoms with Crippen molar-refractivity contribution in [3.05, 3.63) is 97.2 Å². The summed E-state index contributed by atoms with van der Waals surface area (Å²) in [7, 11) is -9.97. The maximum Gasteiger partial charge on any atom is 0.472 e. The number of carbonyl (C=O) groups excluding carboxylic acids is 4. The highest BCUT2D eigenvalue weighted by Gasteiger charge is 2.30. The van der Waals surface area contributed by atoms with E-state index >= 15 is 0 Å². The van der Waals surface area contributed by atoms with Gasteiger partial charge in [0.15, 0.2) is 12.2 Å². The number of hydrogen-bond donors (Lipinski definition) is 3. The van der Waals surface area contributed by atoms with E-state index in [9.17, 15) is 43.2 Å². The second-order valence-corrected chi connectivity index (χ2v) is 27.8. The molecule has 0 rings (SSSR count). The van der Waals surface area contributed by atoms with Gasteiger partial charge in [0, 0.05) is 19.3 Å². The molecule has 3 N–H and O–H groups in total. The monoisotopic (exact) mass is 1390 g/mol. The Morgan fingerprint density at radius 3 is 0.990 bits per heavy atom. The first-order valence-electron chi connectivity index (χ1n) is 37.5. The van der Waals surface area contributed by atoms with Crippen molar-refractivity contribution >= 4 is 39.5 Å². The van der Waals surface area contributed by atoms with Crippen molar-refractivity contribution in [2.45, 2.75) is 329 Å². The topological polar surface area (TPSA) is 237 Å². The fourth-order valence-electron chi connectivity index (χ4n) is 9.83. The third-order valence-corrected chi connectivity index (χ3v) is 17.5. The van der Waals surface area contributed by atoms with E-state index in [2.05, 4.69) is 101 Å². The number of esters is 4. The molecule has 19 heteroatoms. The van der Waals surface area contributed by atoms with Gasteiger partial charge in [0.25, 0.3) is 0 Å². The number of ether oxygens (including phenoxy) is 4. The summed E-state index contributed by atoms with van der Waals surface area (Å²) >= 11 is 0. The van der Waals surface area contributed by atoms with Crippen molar-refractivity contribution in [3.63, 3.8) is 0 Å². The third kappa shape index (κ3) is 68.5. The van der Waals surface area contributed by atoms with Crippen LogP contribution in [0.2, 0.25) is 0 Å². The van der Waals surface area contributed by atoms with Gasteiger partial charge in [-0.25, -0.2) is 9.13 Å². The summed E-state index contributed by atoms with van der Waals surface area (Å²) in [6.45, 7) is 4.57. The molecule has 0 amide bonds. The molecule has 0 saturated heterocycles. The van der Waals surface area contributed by atoms with Crippen LogP contribution in [0, 0.1) is 0 Å². The lowest BCUT2D eigenvalue weighted by Crippen LogP contribution is -2.30. The number of unbranched alkanes of at least 4 members (excludes halogenated alkanes) is 29. The molecule has 0 aromatic heterocycles. The Bertz CT molecular complexity index is 2200. The average Bonchev–Trinajstić information content (AvgIpc) is 1.11. The smallest absolute Gasteiger partial charge is 0.462 e. The second-order valence-electron chi connectivity index (χ2n) is 24.9. The molecule has 0 bridgehead atoms. The van der Waals surface area contributed by atoms with E-state index < -0.39 is 97.5 Å². The SMILES string of the molecule is CC/C=C\C/C=C\C/C=C\C/C=C\C/C=C\CC(=O)OCC(COP(=O)(O)OCC(O)COP(=O)(O)OCC(COC(=O)CCCCCCC/C=C\C/C=C\CCCCC)OC(=O)CCCCCCCCCCCCCCCCC)OC(=O)CCCCCCC/C=C\CCCC. The summed E-state index contributed by atoms with van der Waals surface area (Å²) in [6, 6.07) is 0. The number of carbonyl (C=O) groups is 4. The first kappa shape index (κ1) is 92.0. The van der Waals surface area contributed by atoms with E-state index in [4.69, 9.17) is 37.0 Å². The molecule has 0 saturated carbocycles. The summed E-state index contributed by atoms with van der Waals surface area (Å²) in [5.41, 5.74) is 0. The van der Waals surface area contributed by atoms with Crippen LogP contribution in [0.5, 0.6) is 0 Å². The van der Waals surface area contributed by atoms with Crippen molar-refractivity contribution < 1.29 is 80.2 Å². The Balaban J connectivity index is 5.39. The Kier molecular flexibility index (Phi) is 66.6. The molecule has 5 unspecified atom stereocenters. The summed E-state index contributed by atoms with van der Waals surface area (Å²) in [4.78, 5) is 72.7. The molecule has 0 aliphatic heterocycles. The van der Waals surface area contributed by atoms with Crippen LogP contribution in [0.25, 0.3) is 0 Å². The molecule has 5 atom stereocenters. The molecule has 0 aliphatic carbocycles. The van der Waals surface area contributed by atoms with E-state index in [1.165, 1.54) is 96.3 Å². The second kappa shape index (κ2) is 69.5. The van der Waals surface area contributed by atoms with Gasteiger partial charge in [0.2, 0.25) is 0 Å². The largest absolute Gasteiger partial charge is 0.472 e. The standard InChI is InChI=1S/C77H134O17P2/c1-5-9-13-17-21-25-29-32-35-38-42-45-49-53-57-61-74(79)87-67-72(93-76(81)63-59-55-51-47-41-28-24-20-16-12-8-4)69-91-95(83,84)89-65-71(78)66-90-96(85,86)92-70-73(94-77(82)64-60-56-52-48-44-40-37-34-31-27-23-19-15-11-7-3)68-88-75(80)62-58-54-50-46-43-39-36-33-30-26-22-18-14-10-6-2/h9,13,20-22,24-26,32-33,35-36,42,45,53,57,71-73,78H,5-8,10-12,14-19,23,27-31,34,37-41,43-44,46-52,54-56,58-70H2,1-4H3,(H,83,84)(H,85,86)/b13-9-,24-20-,25-21-,26-22-,35-32-,36-33-,45-42-,57-53-. The zero-order chi connectivity index (χ0) is 70.4. The normalized spacial score (nSPS) is 14.5. The fourth-order valence-corrected chi connectivity index (χ4v) is 11.4. The third-order valence-electron chi connectivity index (χ3n) is 15.6. The minimum atomic E-state index is -4.99. The van der Waals surface area contributed by atoms with Gasteiger partial charge in [0.1, 0.15) is 19.3 Å². The minimum absolute atomic E-state index is 0.0648. The summed E-state index contributed by atoms with van der Waals surface area (Å²) in [5, 5.41) is 10.6. The Morgan fingerprint density at radius 1 is 0.312 bits per heavy atom. The Hall–Kier alpha value is -4.02. The summed E-state index contributed by atoms with van der Waals surface area (Å²) in [5.74, 6) is -2.34. The molecule has 17 nitrogen and oxygen atoms in total. The van der Waals surface area contributed by atoms with E-state index in [0.717, 1.165) is 135 Å². The van der Waals surface area contributed by atoms with Crippen LogP contribution in [0.3, 0.4) is 0 Å². The molecular formula is C77H134O17P2. The van der Waals surface area contributed by atoms with Crippen LogP contribution in [0.1, 0.15) is 310 Å². The number of aliphatic hydroxyl groups is 1. The van der Waals surface area contributed by atoms with Crippen molar-refractivity contribution in [2.75, 3.05) is 39.6 Å². The molecule has 0 heterocycles. The molecular weight excluding hydrogens is 1260 g/mol. The van der Waals surface area contributed by atoms with Crippen LogP contribution in [-0.2, 0) is 65.4 Å². The van der Waals surface area contributed by atoms with E-state index in [0.29, 0.717) is 25.7 Å². The summed E-state index contributed by atoms with van der Waals surface area (Å²) in [6.07, 6.45) is 71.5. The fraction of sp³-hybridized carbons (Fsp3) is 0.740. The highest BCUT2D eigenvalue weighted by atomic mass is 31.2. The molecule has 0 spiro atoms. The van der Waals surface area contributed by atoms with E-state index in [1.807, 2.05) is 18.2 Å². The molecule has 0 fully saturated rings.